The molecule has 3 aromatic carbocycles. The topological polar surface area (TPSA) is 55.4 Å². The summed E-state index contributed by atoms with van der Waals surface area (Å²) in [7, 11) is 3.27. The van der Waals surface area contributed by atoms with E-state index in [1.54, 1.807) is 14.2 Å². The first kappa shape index (κ1) is 25.5. The molecule has 4 rings (SSSR count). The molecule has 0 radical (unpaired) electrons. The van der Waals surface area contributed by atoms with Crippen molar-refractivity contribution in [3.8, 4) is 0 Å². The highest BCUT2D eigenvalue weighted by atomic mass is 16.7. The fourth-order valence-corrected chi connectivity index (χ4v) is 4.23. The average molecular weight is 479 g/mol. The predicted octanol–water partition coefficient (Wildman–Crippen LogP) is 4.76. The molecule has 1 aliphatic heterocycles. The van der Waals surface area contributed by atoms with Crippen molar-refractivity contribution in [1.82, 2.24) is 0 Å². The quantitative estimate of drug-likeness (QED) is 0.374. The first-order chi connectivity index (χ1) is 17.3. The van der Waals surface area contributed by atoms with E-state index in [0.29, 0.717) is 26.4 Å². The molecule has 0 aromatic heterocycles. The van der Waals surface area contributed by atoms with Crippen molar-refractivity contribution in [3.63, 3.8) is 0 Å². The van der Waals surface area contributed by atoms with Crippen LogP contribution in [-0.4, -0.2) is 51.5 Å². The Morgan fingerprint density at radius 1 is 0.571 bits per heavy atom. The number of hydrogen-bond donors (Lipinski definition) is 0. The van der Waals surface area contributed by atoms with Gasteiger partial charge in [0.1, 0.15) is 24.4 Å². The van der Waals surface area contributed by atoms with E-state index in [0.717, 1.165) is 16.7 Å². The van der Waals surface area contributed by atoms with Crippen molar-refractivity contribution in [2.45, 2.75) is 50.5 Å². The molecule has 6 heteroatoms. The lowest BCUT2D eigenvalue weighted by molar-refractivity contribution is -0.322. The third-order valence-corrected chi connectivity index (χ3v) is 6.01. The molecule has 0 unspecified atom stereocenters. The summed E-state index contributed by atoms with van der Waals surface area (Å²) in [5, 5.41) is 0. The van der Waals surface area contributed by atoms with Crippen LogP contribution in [0.15, 0.2) is 91.0 Å². The lowest BCUT2D eigenvalue weighted by atomic mass is 9.98. The Bertz CT molecular complexity index is 968. The van der Waals surface area contributed by atoms with E-state index in [1.807, 2.05) is 91.0 Å². The van der Waals surface area contributed by atoms with E-state index in [2.05, 4.69) is 0 Å². The molecule has 0 amide bonds. The van der Waals surface area contributed by atoms with Gasteiger partial charge in [0.2, 0.25) is 0 Å². The third-order valence-electron chi connectivity index (χ3n) is 6.01. The summed E-state index contributed by atoms with van der Waals surface area (Å²) in [6, 6.07) is 30.2. The van der Waals surface area contributed by atoms with Gasteiger partial charge in [-0.1, -0.05) is 91.0 Å². The van der Waals surface area contributed by atoms with E-state index in [-0.39, 0.29) is 6.10 Å². The van der Waals surface area contributed by atoms with Crippen molar-refractivity contribution >= 4 is 0 Å². The molecule has 0 N–H and O–H groups in total. The first-order valence-corrected chi connectivity index (χ1v) is 11.9. The van der Waals surface area contributed by atoms with Crippen molar-refractivity contribution in [1.29, 1.82) is 0 Å². The molecule has 0 spiro atoms. The second-order valence-corrected chi connectivity index (χ2v) is 8.52. The number of rotatable bonds is 12. The summed E-state index contributed by atoms with van der Waals surface area (Å²) < 4.78 is 36.8. The zero-order chi connectivity index (χ0) is 24.3. The van der Waals surface area contributed by atoms with Gasteiger partial charge in [-0.05, 0) is 16.7 Å². The maximum atomic E-state index is 6.51. The van der Waals surface area contributed by atoms with Gasteiger partial charge < -0.3 is 28.4 Å². The Hall–Kier alpha value is -2.58. The lowest BCUT2D eigenvalue weighted by Crippen LogP contribution is -2.61. The Morgan fingerprint density at radius 2 is 1.00 bits per heavy atom. The molecule has 5 atom stereocenters. The van der Waals surface area contributed by atoms with Crippen LogP contribution in [0.4, 0.5) is 0 Å². The van der Waals surface area contributed by atoms with Gasteiger partial charge in [-0.3, -0.25) is 0 Å². The summed E-state index contributed by atoms with van der Waals surface area (Å²) in [6.45, 7) is 1.58. The van der Waals surface area contributed by atoms with Crippen LogP contribution in [0, 0.1) is 0 Å². The first-order valence-electron chi connectivity index (χ1n) is 11.9. The Labute approximate surface area is 207 Å². The van der Waals surface area contributed by atoms with E-state index < -0.39 is 24.6 Å². The number of ether oxygens (including phenoxy) is 6. The molecule has 1 fully saturated rings. The van der Waals surface area contributed by atoms with Gasteiger partial charge >= 0.3 is 0 Å². The zero-order valence-electron chi connectivity index (χ0n) is 20.3. The van der Waals surface area contributed by atoms with Gasteiger partial charge in [-0.25, -0.2) is 0 Å². The third kappa shape index (κ3) is 7.21. The molecule has 0 bridgehead atoms. The Balaban J connectivity index is 1.58. The molecular weight excluding hydrogens is 444 g/mol. The standard InChI is InChI=1S/C29H34O6/c1-30-21-25-26(32-18-22-12-6-3-7-13-22)27(33-19-23-14-8-4-9-15-23)28(29(31-2)35-25)34-20-24-16-10-5-11-17-24/h3-17,25-29H,18-21H2,1-2H3/t25-,26+,27+,28-,29+/m1/s1. The fraction of sp³-hybridized carbons (Fsp3) is 0.379. The van der Waals surface area contributed by atoms with Gasteiger partial charge in [-0.2, -0.15) is 0 Å². The second kappa shape index (κ2) is 13.5. The highest BCUT2D eigenvalue weighted by molar-refractivity contribution is 5.15. The van der Waals surface area contributed by atoms with Gasteiger partial charge in [0.25, 0.3) is 0 Å². The largest absolute Gasteiger partial charge is 0.382 e. The zero-order valence-corrected chi connectivity index (χ0v) is 20.3. The Kier molecular flexibility index (Phi) is 9.84. The summed E-state index contributed by atoms with van der Waals surface area (Å²) in [5.41, 5.74) is 3.20. The average Bonchev–Trinajstić information content (AvgIpc) is 2.92. The highest BCUT2D eigenvalue weighted by Crippen LogP contribution is 2.31. The Morgan fingerprint density at radius 3 is 1.43 bits per heavy atom. The lowest BCUT2D eigenvalue weighted by Gasteiger charge is -2.45. The molecule has 3 aromatic rings. The SMILES string of the molecule is COC[C@H]1O[C@H](OC)[C@H](OCc2ccccc2)[C@@H](OCc2ccccc2)[C@H]1OCc1ccccc1. The fourth-order valence-electron chi connectivity index (χ4n) is 4.23. The molecule has 1 aliphatic rings. The van der Waals surface area contributed by atoms with Crippen LogP contribution in [0.5, 0.6) is 0 Å². The highest BCUT2D eigenvalue weighted by Gasteiger charge is 2.48. The summed E-state index contributed by atoms with van der Waals surface area (Å²) >= 11 is 0. The van der Waals surface area contributed by atoms with Gasteiger partial charge in [0, 0.05) is 14.2 Å². The van der Waals surface area contributed by atoms with E-state index in [9.17, 15) is 0 Å². The number of benzene rings is 3. The van der Waals surface area contributed by atoms with E-state index in [4.69, 9.17) is 28.4 Å². The molecule has 35 heavy (non-hydrogen) atoms. The summed E-state index contributed by atoms with van der Waals surface area (Å²) in [6.07, 6.45) is -2.38. The van der Waals surface area contributed by atoms with Crippen LogP contribution >= 0.6 is 0 Å². The molecule has 186 valence electrons. The van der Waals surface area contributed by atoms with Crippen molar-refractivity contribution in [2.24, 2.45) is 0 Å². The van der Waals surface area contributed by atoms with E-state index in [1.165, 1.54) is 0 Å². The molecule has 0 aliphatic carbocycles. The van der Waals surface area contributed by atoms with Crippen LogP contribution in [0.25, 0.3) is 0 Å². The van der Waals surface area contributed by atoms with Crippen molar-refractivity contribution in [3.05, 3.63) is 108 Å². The minimum atomic E-state index is -0.629. The minimum Gasteiger partial charge on any atom is -0.382 e. The number of methoxy groups -OCH3 is 2. The van der Waals surface area contributed by atoms with Crippen LogP contribution in [0.1, 0.15) is 16.7 Å². The van der Waals surface area contributed by atoms with Crippen LogP contribution in [-0.2, 0) is 48.2 Å². The monoisotopic (exact) mass is 478 g/mol. The second-order valence-electron chi connectivity index (χ2n) is 8.52. The normalized spacial score (nSPS) is 24.3. The van der Waals surface area contributed by atoms with Crippen LogP contribution in [0.3, 0.4) is 0 Å². The molecule has 6 nitrogen and oxygen atoms in total. The van der Waals surface area contributed by atoms with E-state index >= 15 is 0 Å². The van der Waals surface area contributed by atoms with Gasteiger partial charge in [0.15, 0.2) is 6.29 Å². The maximum absolute atomic E-state index is 6.51. The number of hydrogen-bond acceptors (Lipinski definition) is 6. The van der Waals surface area contributed by atoms with Gasteiger partial charge in [-0.15, -0.1) is 0 Å². The molecule has 1 heterocycles. The molecule has 0 saturated carbocycles. The maximum Gasteiger partial charge on any atom is 0.186 e. The van der Waals surface area contributed by atoms with Crippen LogP contribution < -0.4 is 0 Å². The molecule has 1 saturated heterocycles. The minimum absolute atomic E-state index is 0.343. The van der Waals surface area contributed by atoms with Crippen molar-refractivity contribution < 1.29 is 28.4 Å². The predicted molar refractivity (Wildman–Crippen MR) is 133 cm³/mol. The summed E-state index contributed by atoms with van der Waals surface area (Å²) in [5.74, 6) is 0. The summed E-state index contributed by atoms with van der Waals surface area (Å²) in [4.78, 5) is 0. The van der Waals surface area contributed by atoms with Crippen LogP contribution in [0.2, 0.25) is 0 Å². The smallest absolute Gasteiger partial charge is 0.186 e. The van der Waals surface area contributed by atoms with Crippen molar-refractivity contribution in [2.75, 3.05) is 20.8 Å². The molecular formula is C29H34O6. The van der Waals surface area contributed by atoms with Gasteiger partial charge in [0.05, 0.1) is 26.4 Å².